The van der Waals surface area contributed by atoms with E-state index >= 15 is 0 Å². The molecule has 7 nitrogen and oxygen atoms in total. The fraction of sp³-hybridized carbons (Fsp3) is 0.333. The summed E-state index contributed by atoms with van der Waals surface area (Å²) in [5.74, 6) is -1.01. The van der Waals surface area contributed by atoms with Gasteiger partial charge in [-0.05, 0) is 6.07 Å². The van der Waals surface area contributed by atoms with Crippen LogP contribution in [0.5, 0.6) is 17.2 Å². The molecule has 7 heteroatoms. The molecule has 1 aromatic carbocycles. The molecule has 4 N–H and O–H groups in total. The summed E-state index contributed by atoms with van der Waals surface area (Å²) in [6, 6.07) is 1.30. The van der Waals surface area contributed by atoms with Crippen LogP contribution in [0.1, 0.15) is 11.9 Å². The topological polar surface area (TPSA) is 108 Å². The number of phenols is 3. The van der Waals surface area contributed by atoms with Crippen LogP contribution in [0.25, 0.3) is 10.9 Å². The molecule has 0 radical (unpaired) electrons. The number of morpholine rings is 1. The molecule has 0 saturated carbocycles. The van der Waals surface area contributed by atoms with Crippen LogP contribution in [0.2, 0.25) is 0 Å². The normalized spacial score (nSPS) is 19.7. The number of benzene rings is 1. The quantitative estimate of drug-likeness (QED) is 0.552. The van der Waals surface area contributed by atoms with Gasteiger partial charge in [0.05, 0.1) is 6.61 Å². The number of hydrogen-bond donors (Lipinski definition) is 4. The van der Waals surface area contributed by atoms with Gasteiger partial charge in [-0.3, -0.25) is 0 Å². The van der Waals surface area contributed by atoms with Crippen molar-refractivity contribution in [2.75, 3.05) is 19.7 Å². The lowest BCUT2D eigenvalue weighted by molar-refractivity contribution is 0.0223. The largest absolute Gasteiger partial charge is 0.504 e. The smallest absolute Gasteiger partial charge is 0.202 e. The third-order valence-corrected chi connectivity index (χ3v) is 3.03. The molecular weight excluding hydrogens is 250 g/mol. The van der Waals surface area contributed by atoms with Gasteiger partial charge in [0, 0.05) is 24.7 Å². The molecule has 0 bridgehead atoms. The first kappa shape index (κ1) is 11.9. The summed E-state index contributed by atoms with van der Waals surface area (Å²) < 4.78 is 5.53. The van der Waals surface area contributed by atoms with Crippen molar-refractivity contribution in [2.24, 2.45) is 0 Å². The molecule has 2 aromatic rings. The average Bonchev–Trinajstić information content (AvgIpc) is 2.46. The minimum absolute atomic E-state index is 0.189. The summed E-state index contributed by atoms with van der Waals surface area (Å²) in [4.78, 5) is 8.37. The van der Waals surface area contributed by atoms with Gasteiger partial charge in [-0.15, -0.1) is 0 Å². The van der Waals surface area contributed by atoms with E-state index in [1.165, 1.54) is 12.3 Å². The third kappa shape index (κ3) is 2.02. The minimum atomic E-state index is -0.583. The van der Waals surface area contributed by atoms with Crippen LogP contribution < -0.4 is 5.32 Å². The van der Waals surface area contributed by atoms with Crippen LogP contribution >= 0.6 is 0 Å². The van der Waals surface area contributed by atoms with E-state index in [0.717, 1.165) is 6.54 Å². The lowest BCUT2D eigenvalue weighted by Gasteiger charge is -2.22. The Morgan fingerprint density at radius 2 is 2.11 bits per heavy atom. The molecule has 1 saturated heterocycles. The molecule has 1 aromatic heterocycles. The van der Waals surface area contributed by atoms with Gasteiger partial charge in [-0.25, -0.2) is 9.97 Å². The monoisotopic (exact) mass is 263 g/mol. The zero-order valence-electron chi connectivity index (χ0n) is 10.00. The molecule has 2 heterocycles. The van der Waals surface area contributed by atoms with Crippen molar-refractivity contribution in [1.29, 1.82) is 0 Å². The Morgan fingerprint density at radius 3 is 2.84 bits per heavy atom. The summed E-state index contributed by atoms with van der Waals surface area (Å²) in [7, 11) is 0. The van der Waals surface area contributed by atoms with Crippen molar-refractivity contribution in [3.8, 4) is 17.2 Å². The summed E-state index contributed by atoms with van der Waals surface area (Å²) in [6.45, 7) is 1.94. The Kier molecular flexibility index (Phi) is 2.84. The highest BCUT2D eigenvalue weighted by Gasteiger charge is 2.20. The number of hydrogen-bond acceptors (Lipinski definition) is 7. The number of ether oxygens (including phenoxy) is 1. The van der Waals surface area contributed by atoms with Crippen molar-refractivity contribution < 1.29 is 20.1 Å². The third-order valence-electron chi connectivity index (χ3n) is 3.03. The predicted octanol–water partition coefficient (Wildman–Crippen LogP) is 0.407. The maximum atomic E-state index is 9.81. The van der Waals surface area contributed by atoms with Gasteiger partial charge in [-0.2, -0.15) is 0 Å². The van der Waals surface area contributed by atoms with E-state index in [4.69, 9.17) is 4.74 Å². The van der Waals surface area contributed by atoms with Crippen LogP contribution in [0.15, 0.2) is 12.3 Å². The summed E-state index contributed by atoms with van der Waals surface area (Å²) >= 11 is 0. The Bertz CT molecular complexity index is 626. The van der Waals surface area contributed by atoms with Crippen molar-refractivity contribution >= 4 is 10.9 Å². The first-order chi connectivity index (χ1) is 9.16. The van der Waals surface area contributed by atoms with Gasteiger partial charge in [0.2, 0.25) is 5.75 Å². The number of phenolic OH excluding ortho intramolecular Hbond substituents is 3. The van der Waals surface area contributed by atoms with Crippen molar-refractivity contribution in [3.63, 3.8) is 0 Å². The standard InChI is InChI=1S/C12H13N3O4/c16-7-3-6-4-14-12(8-5-13-1-2-19-8)15-9(6)11(18)10(7)17/h3-4,8,13,16-18H,1-2,5H2. The number of nitrogens with zero attached hydrogens (tertiary/aromatic N) is 2. The van der Waals surface area contributed by atoms with Gasteiger partial charge in [0.15, 0.2) is 17.3 Å². The van der Waals surface area contributed by atoms with Crippen LogP contribution in [0.4, 0.5) is 0 Å². The molecule has 1 aliphatic rings. The Balaban J connectivity index is 2.09. The van der Waals surface area contributed by atoms with E-state index in [0.29, 0.717) is 24.4 Å². The van der Waals surface area contributed by atoms with E-state index in [2.05, 4.69) is 15.3 Å². The second kappa shape index (κ2) is 4.52. The van der Waals surface area contributed by atoms with E-state index in [-0.39, 0.29) is 11.6 Å². The number of aromatic hydroxyl groups is 3. The Labute approximate surface area is 108 Å². The fourth-order valence-corrected chi connectivity index (χ4v) is 2.04. The van der Waals surface area contributed by atoms with Gasteiger partial charge >= 0.3 is 0 Å². The van der Waals surface area contributed by atoms with E-state index < -0.39 is 17.2 Å². The van der Waals surface area contributed by atoms with Crippen LogP contribution in [-0.4, -0.2) is 45.0 Å². The molecule has 1 unspecified atom stereocenters. The lowest BCUT2D eigenvalue weighted by atomic mass is 10.2. The van der Waals surface area contributed by atoms with Crippen LogP contribution in [0, 0.1) is 0 Å². The lowest BCUT2D eigenvalue weighted by Crippen LogP contribution is -2.34. The highest BCUT2D eigenvalue weighted by atomic mass is 16.5. The molecule has 0 amide bonds. The van der Waals surface area contributed by atoms with Gasteiger partial charge in [-0.1, -0.05) is 0 Å². The highest BCUT2D eigenvalue weighted by molar-refractivity contribution is 5.88. The first-order valence-corrected chi connectivity index (χ1v) is 5.89. The van der Waals surface area contributed by atoms with Crippen molar-refractivity contribution in [3.05, 3.63) is 18.1 Å². The predicted molar refractivity (Wildman–Crippen MR) is 66.1 cm³/mol. The van der Waals surface area contributed by atoms with Crippen molar-refractivity contribution in [1.82, 2.24) is 15.3 Å². The second-order valence-corrected chi connectivity index (χ2v) is 4.32. The minimum Gasteiger partial charge on any atom is -0.504 e. The summed E-state index contributed by atoms with van der Waals surface area (Å²) in [5.41, 5.74) is 0.189. The summed E-state index contributed by atoms with van der Waals surface area (Å²) in [6.07, 6.45) is 1.20. The molecule has 3 rings (SSSR count). The zero-order valence-corrected chi connectivity index (χ0v) is 10.00. The zero-order chi connectivity index (χ0) is 13.4. The SMILES string of the molecule is Oc1cc2cnc(C3CNCCO3)nc2c(O)c1O. The maximum Gasteiger partial charge on any atom is 0.202 e. The van der Waals surface area contributed by atoms with Gasteiger partial charge in [0.1, 0.15) is 11.6 Å². The van der Waals surface area contributed by atoms with Crippen LogP contribution in [-0.2, 0) is 4.74 Å². The van der Waals surface area contributed by atoms with E-state index in [9.17, 15) is 15.3 Å². The highest BCUT2D eigenvalue weighted by Crippen LogP contribution is 2.40. The average molecular weight is 263 g/mol. The van der Waals surface area contributed by atoms with Crippen LogP contribution in [0.3, 0.4) is 0 Å². The maximum absolute atomic E-state index is 9.81. The molecule has 19 heavy (non-hydrogen) atoms. The molecular formula is C12H13N3O4. The molecule has 1 atom stereocenters. The summed E-state index contributed by atoms with van der Waals surface area (Å²) in [5, 5.41) is 32.3. The fourth-order valence-electron chi connectivity index (χ4n) is 2.04. The van der Waals surface area contributed by atoms with Gasteiger partial charge < -0.3 is 25.4 Å². The number of aromatic nitrogens is 2. The molecule has 1 aliphatic heterocycles. The number of rotatable bonds is 1. The number of fused-ring (bicyclic) bond motifs is 1. The number of nitrogens with one attached hydrogen (secondary N) is 1. The Morgan fingerprint density at radius 1 is 1.26 bits per heavy atom. The Hall–Kier alpha value is -2.12. The molecule has 100 valence electrons. The van der Waals surface area contributed by atoms with E-state index in [1.807, 2.05) is 0 Å². The second-order valence-electron chi connectivity index (χ2n) is 4.32. The molecule has 1 fully saturated rings. The van der Waals surface area contributed by atoms with Crippen molar-refractivity contribution in [2.45, 2.75) is 6.10 Å². The molecule has 0 aliphatic carbocycles. The van der Waals surface area contributed by atoms with E-state index in [1.54, 1.807) is 0 Å². The van der Waals surface area contributed by atoms with Gasteiger partial charge in [0.25, 0.3) is 0 Å². The first-order valence-electron chi connectivity index (χ1n) is 5.89. The molecule has 0 spiro atoms.